The fraction of sp³-hybridized carbons (Fsp3) is 0.438. The zero-order valence-electron chi connectivity index (χ0n) is 13.6. The van der Waals surface area contributed by atoms with Gasteiger partial charge in [0.25, 0.3) is 5.91 Å². The van der Waals surface area contributed by atoms with Crippen LogP contribution in [0, 0.1) is 0 Å². The number of benzene rings is 1. The van der Waals surface area contributed by atoms with Crippen molar-refractivity contribution in [2.75, 3.05) is 18.4 Å². The van der Waals surface area contributed by atoms with Gasteiger partial charge in [-0.2, -0.15) is 4.99 Å². The molecule has 0 aromatic heterocycles. The molecule has 0 aliphatic carbocycles. The van der Waals surface area contributed by atoms with E-state index in [1.54, 1.807) is 0 Å². The first-order valence-corrected chi connectivity index (χ1v) is 8.88. The third-order valence-corrected chi connectivity index (χ3v) is 5.06. The topological polar surface area (TPSA) is 71.0 Å². The van der Waals surface area contributed by atoms with Crippen LogP contribution in [-0.4, -0.2) is 46.6 Å². The van der Waals surface area contributed by atoms with Gasteiger partial charge in [-0.15, -0.1) is 13.2 Å². The van der Waals surface area contributed by atoms with Crippen LogP contribution >= 0.6 is 11.8 Å². The normalized spacial score (nSPS) is 20.3. The van der Waals surface area contributed by atoms with Crippen LogP contribution < -0.4 is 10.1 Å². The number of hydrogen-bond acceptors (Lipinski definition) is 5. The molecule has 1 N–H and O–H groups in total. The highest BCUT2D eigenvalue weighted by molar-refractivity contribution is 8.15. The minimum Gasteiger partial charge on any atom is -0.406 e. The second-order valence-corrected chi connectivity index (χ2v) is 7.03. The lowest BCUT2D eigenvalue weighted by molar-refractivity contribution is -0.274. The minimum atomic E-state index is -4.77. The van der Waals surface area contributed by atoms with E-state index in [9.17, 15) is 22.8 Å². The summed E-state index contributed by atoms with van der Waals surface area (Å²) < 4.78 is 40.1. The zero-order chi connectivity index (χ0) is 18.7. The number of hydrogen-bond donors (Lipinski definition) is 1. The summed E-state index contributed by atoms with van der Waals surface area (Å²) in [4.78, 5) is 30.1. The number of amidine groups is 1. The average molecular weight is 387 g/mol. The largest absolute Gasteiger partial charge is 0.573 e. The van der Waals surface area contributed by atoms with E-state index >= 15 is 0 Å². The van der Waals surface area contributed by atoms with Crippen LogP contribution in [0.25, 0.3) is 0 Å². The molecule has 1 fully saturated rings. The van der Waals surface area contributed by atoms with Gasteiger partial charge in [-0.25, -0.2) is 0 Å². The first kappa shape index (κ1) is 18.6. The van der Waals surface area contributed by atoms with Gasteiger partial charge in [0, 0.05) is 25.2 Å². The third kappa shape index (κ3) is 4.90. The fourth-order valence-electron chi connectivity index (χ4n) is 2.67. The number of likely N-dealkylation sites (tertiary alicyclic amines) is 1. The van der Waals surface area contributed by atoms with Crippen molar-refractivity contribution >= 4 is 34.4 Å². The van der Waals surface area contributed by atoms with Crippen LogP contribution in [0.2, 0.25) is 0 Å². The average Bonchev–Trinajstić information content (AvgIpc) is 3.18. The second-order valence-electron chi connectivity index (χ2n) is 5.86. The Balaban J connectivity index is 1.50. The fourth-order valence-corrected chi connectivity index (χ4v) is 3.79. The molecule has 0 saturated carbocycles. The number of halogens is 3. The maximum atomic E-state index is 12.1. The number of nitrogens with zero attached hydrogens (tertiary/aromatic N) is 2. The van der Waals surface area contributed by atoms with Gasteiger partial charge < -0.3 is 15.0 Å². The predicted molar refractivity (Wildman–Crippen MR) is 91.0 cm³/mol. The Labute approximate surface area is 151 Å². The highest BCUT2D eigenvalue weighted by Gasteiger charge is 2.34. The molecule has 0 radical (unpaired) electrons. The van der Waals surface area contributed by atoms with Crippen molar-refractivity contribution in [3.63, 3.8) is 0 Å². The molecule has 2 aliphatic heterocycles. The van der Waals surface area contributed by atoms with Crippen molar-refractivity contribution in [1.29, 1.82) is 0 Å². The maximum absolute atomic E-state index is 12.1. The number of thioether (sulfide) groups is 1. The molecule has 2 amide bonds. The Morgan fingerprint density at radius 3 is 2.54 bits per heavy atom. The van der Waals surface area contributed by atoms with Gasteiger partial charge in [0.05, 0.1) is 0 Å². The summed E-state index contributed by atoms with van der Waals surface area (Å²) in [5.74, 6) is -1.11. The third-order valence-electron chi connectivity index (χ3n) is 3.85. The molecule has 1 aromatic rings. The summed E-state index contributed by atoms with van der Waals surface area (Å²) >= 11 is 1.28. The molecule has 1 saturated heterocycles. The van der Waals surface area contributed by atoms with Crippen molar-refractivity contribution in [2.24, 2.45) is 4.99 Å². The first-order chi connectivity index (χ1) is 12.3. The van der Waals surface area contributed by atoms with Gasteiger partial charge in [0.15, 0.2) is 5.17 Å². The number of carbonyl (C=O) groups excluding carboxylic acids is 2. The van der Waals surface area contributed by atoms with Gasteiger partial charge in [-0.05, 0) is 37.1 Å². The van der Waals surface area contributed by atoms with Crippen LogP contribution in [0.5, 0.6) is 5.75 Å². The lowest BCUT2D eigenvalue weighted by Crippen LogP contribution is -2.25. The van der Waals surface area contributed by atoms with Crippen molar-refractivity contribution in [3.8, 4) is 5.75 Å². The molecule has 3 rings (SSSR count). The van der Waals surface area contributed by atoms with E-state index in [1.165, 1.54) is 23.9 Å². The molecule has 10 heteroatoms. The van der Waals surface area contributed by atoms with Gasteiger partial charge >= 0.3 is 6.36 Å². The Morgan fingerprint density at radius 1 is 1.27 bits per heavy atom. The molecule has 1 atom stereocenters. The van der Waals surface area contributed by atoms with E-state index in [0.29, 0.717) is 10.9 Å². The molecule has 140 valence electrons. The zero-order valence-corrected chi connectivity index (χ0v) is 14.4. The summed E-state index contributed by atoms with van der Waals surface area (Å²) in [6, 6.07) is 4.81. The van der Waals surface area contributed by atoms with Crippen LogP contribution in [0.4, 0.5) is 18.9 Å². The molecule has 0 bridgehead atoms. The highest BCUT2D eigenvalue weighted by atomic mass is 32.2. The number of aliphatic imine (C=N–C) groups is 1. The van der Waals surface area contributed by atoms with E-state index < -0.39 is 17.5 Å². The molecule has 6 nitrogen and oxygen atoms in total. The van der Waals surface area contributed by atoms with Gasteiger partial charge in [0.2, 0.25) is 5.91 Å². The second kappa shape index (κ2) is 7.56. The van der Waals surface area contributed by atoms with Gasteiger partial charge in [-0.1, -0.05) is 11.8 Å². The summed E-state index contributed by atoms with van der Waals surface area (Å²) in [5.41, 5.74) is 0.320. The number of rotatable bonds is 4. The number of anilines is 1. The molecular formula is C16H16F3N3O3S. The molecule has 0 unspecified atom stereocenters. The molecular weight excluding hydrogens is 371 g/mol. The number of nitrogens with one attached hydrogen (secondary N) is 1. The first-order valence-electron chi connectivity index (χ1n) is 8.00. The van der Waals surface area contributed by atoms with E-state index in [-0.39, 0.29) is 18.1 Å². The van der Waals surface area contributed by atoms with E-state index in [2.05, 4.69) is 15.0 Å². The number of ether oxygens (including phenoxy) is 1. The Bertz CT molecular complexity index is 716. The number of alkyl halides is 3. The van der Waals surface area contributed by atoms with E-state index in [1.807, 2.05) is 4.90 Å². The predicted octanol–water partition coefficient (Wildman–Crippen LogP) is 3.01. The van der Waals surface area contributed by atoms with Crippen molar-refractivity contribution in [2.45, 2.75) is 30.9 Å². The van der Waals surface area contributed by atoms with Crippen molar-refractivity contribution in [3.05, 3.63) is 24.3 Å². The smallest absolute Gasteiger partial charge is 0.406 e. The molecule has 26 heavy (non-hydrogen) atoms. The maximum Gasteiger partial charge on any atom is 0.573 e. The van der Waals surface area contributed by atoms with Crippen LogP contribution in [0.15, 0.2) is 29.3 Å². The van der Waals surface area contributed by atoms with E-state index in [0.717, 1.165) is 38.1 Å². The number of amides is 2. The minimum absolute atomic E-state index is 0.0505. The SMILES string of the molecule is O=C(C[C@H]1SC(N2CCCC2)=NC1=O)Nc1ccc(OC(F)(F)F)cc1. The summed E-state index contributed by atoms with van der Waals surface area (Å²) in [5, 5.41) is 2.65. The molecule has 1 aromatic carbocycles. The number of carbonyl (C=O) groups is 2. The Kier molecular flexibility index (Phi) is 5.40. The standard InChI is InChI=1S/C16H16F3N3O3S/c17-16(18,19)25-11-5-3-10(4-6-11)20-13(23)9-12-14(24)21-15(26-12)22-7-1-2-8-22/h3-6,12H,1-2,7-9H2,(H,20,23)/t12-/m1/s1. The van der Waals surface area contributed by atoms with Crippen molar-refractivity contribution in [1.82, 2.24) is 4.90 Å². The molecule has 0 spiro atoms. The van der Waals surface area contributed by atoms with Crippen LogP contribution in [0.3, 0.4) is 0 Å². The Hall–Kier alpha value is -2.23. The van der Waals surface area contributed by atoms with Gasteiger partial charge in [0.1, 0.15) is 11.0 Å². The summed E-state index contributed by atoms with van der Waals surface area (Å²) in [6.45, 7) is 1.73. The highest BCUT2D eigenvalue weighted by Crippen LogP contribution is 2.29. The quantitative estimate of drug-likeness (QED) is 0.860. The monoisotopic (exact) mass is 387 g/mol. The lowest BCUT2D eigenvalue weighted by Gasteiger charge is -2.16. The van der Waals surface area contributed by atoms with Crippen molar-refractivity contribution < 1.29 is 27.5 Å². The molecule has 2 aliphatic rings. The van der Waals surface area contributed by atoms with E-state index in [4.69, 9.17) is 0 Å². The lowest BCUT2D eigenvalue weighted by atomic mass is 10.2. The Morgan fingerprint density at radius 2 is 1.92 bits per heavy atom. The molecule has 2 heterocycles. The van der Waals surface area contributed by atoms with Crippen LogP contribution in [-0.2, 0) is 9.59 Å². The summed E-state index contributed by atoms with van der Waals surface area (Å²) in [7, 11) is 0. The van der Waals surface area contributed by atoms with Gasteiger partial charge in [-0.3, -0.25) is 9.59 Å². The summed E-state index contributed by atoms with van der Waals surface area (Å²) in [6.07, 6.45) is -2.69. The van der Waals surface area contributed by atoms with Crippen LogP contribution in [0.1, 0.15) is 19.3 Å².